The molecule has 0 saturated carbocycles. The summed E-state index contributed by atoms with van der Waals surface area (Å²) in [5.74, 6) is 0.832. The molecule has 112 valence electrons. The second kappa shape index (κ2) is 8.75. The number of esters is 1. The van der Waals surface area contributed by atoms with E-state index in [-0.39, 0.29) is 12.0 Å². The monoisotopic (exact) mass is 277 g/mol. The molecule has 3 heteroatoms. The number of benzene rings is 1. The minimum atomic E-state index is -0.207. The number of ether oxygens (including phenoxy) is 1. The fourth-order valence-electron chi connectivity index (χ4n) is 1.94. The molecule has 1 rings (SSSR count). The van der Waals surface area contributed by atoms with E-state index in [4.69, 9.17) is 4.74 Å². The Morgan fingerprint density at radius 3 is 2.30 bits per heavy atom. The van der Waals surface area contributed by atoms with Gasteiger partial charge in [0, 0.05) is 0 Å². The van der Waals surface area contributed by atoms with Gasteiger partial charge in [0.05, 0.1) is 0 Å². The summed E-state index contributed by atoms with van der Waals surface area (Å²) in [6, 6.07) is 9.58. The fraction of sp³-hybridized carbons (Fsp3) is 0.588. The van der Waals surface area contributed by atoms with Gasteiger partial charge in [0.15, 0.2) is 0 Å². The first-order valence-corrected chi connectivity index (χ1v) is 7.43. The Balaban J connectivity index is 2.49. The molecule has 1 aromatic carbocycles. The van der Waals surface area contributed by atoms with E-state index >= 15 is 0 Å². The number of rotatable bonds is 8. The summed E-state index contributed by atoms with van der Waals surface area (Å²) in [6.07, 6.45) is 0.806. The summed E-state index contributed by atoms with van der Waals surface area (Å²) in [4.78, 5) is 12.2. The van der Waals surface area contributed by atoms with Crippen LogP contribution in [0.25, 0.3) is 0 Å². The average molecular weight is 277 g/mol. The Kier molecular flexibility index (Phi) is 7.31. The third-order valence-electron chi connectivity index (χ3n) is 2.99. The van der Waals surface area contributed by atoms with Gasteiger partial charge < -0.3 is 10.1 Å². The Bertz CT molecular complexity index is 387. The number of hydrogen-bond acceptors (Lipinski definition) is 3. The van der Waals surface area contributed by atoms with E-state index in [0.29, 0.717) is 18.4 Å². The minimum absolute atomic E-state index is 0.150. The standard InChI is InChI=1S/C17H27NO2/c1-13(2)10-16(18-11-14(3)4)17(19)20-12-15-8-6-5-7-9-15/h5-9,13-14,16,18H,10-12H2,1-4H3/t16-/m0/s1. The van der Waals surface area contributed by atoms with Crippen LogP contribution in [0.4, 0.5) is 0 Å². The van der Waals surface area contributed by atoms with Crippen molar-refractivity contribution in [3.8, 4) is 0 Å². The Morgan fingerprint density at radius 1 is 1.10 bits per heavy atom. The summed E-state index contributed by atoms with van der Waals surface area (Å²) >= 11 is 0. The quantitative estimate of drug-likeness (QED) is 0.740. The first-order valence-electron chi connectivity index (χ1n) is 7.43. The van der Waals surface area contributed by atoms with Crippen LogP contribution in [-0.2, 0) is 16.1 Å². The molecular weight excluding hydrogens is 250 g/mol. The molecule has 0 amide bonds. The summed E-state index contributed by atoms with van der Waals surface area (Å²) in [5.41, 5.74) is 1.02. The largest absolute Gasteiger partial charge is 0.460 e. The van der Waals surface area contributed by atoms with Crippen LogP contribution in [0.15, 0.2) is 30.3 Å². The lowest BCUT2D eigenvalue weighted by molar-refractivity contribution is -0.148. The van der Waals surface area contributed by atoms with E-state index < -0.39 is 0 Å². The molecule has 0 bridgehead atoms. The van der Waals surface area contributed by atoms with E-state index in [1.54, 1.807) is 0 Å². The third-order valence-corrected chi connectivity index (χ3v) is 2.99. The van der Waals surface area contributed by atoms with Gasteiger partial charge in [-0.15, -0.1) is 0 Å². The zero-order valence-electron chi connectivity index (χ0n) is 13.1. The van der Waals surface area contributed by atoms with Crippen molar-refractivity contribution in [3.63, 3.8) is 0 Å². The lowest BCUT2D eigenvalue weighted by atomic mass is 10.0. The van der Waals surface area contributed by atoms with E-state index in [1.807, 2.05) is 30.3 Å². The molecule has 20 heavy (non-hydrogen) atoms. The van der Waals surface area contributed by atoms with Gasteiger partial charge in [0.2, 0.25) is 0 Å². The highest BCUT2D eigenvalue weighted by Gasteiger charge is 2.21. The zero-order valence-corrected chi connectivity index (χ0v) is 13.1. The smallest absolute Gasteiger partial charge is 0.323 e. The highest BCUT2D eigenvalue weighted by atomic mass is 16.5. The van der Waals surface area contributed by atoms with Crippen LogP contribution in [0.2, 0.25) is 0 Å². The van der Waals surface area contributed by atoms with E-state index in [0.717, 1.165) is 18.5 Å². The first kappa shape index (κ1) is 16.7. The third kappa shape index (κ3) is 6.71. The van der Waals surface area contributed by atoms with Crippen LogP contribution < -0.4 is 5.32 Å². The maximum atomic E-state index is 12.2. The van der Waals surface area contributed by atoms with Gasteiger partial charge in [-0.2, -0.15) is 0 Å². The molecular formula is C17H27NO2. The molecule has 0 aromatic heterocycles. The topological polar surface area (TPSA) is 38.3 Å². The molecule has 0 fully saturated rings. The molecule has 0 radical (unpaired) electrons. The molecule has 1 atom stereocenters. The highest BCUT2D eigenvalue weighted by Crippen LogP contribution is 2.09. The fourth-order valence-corrected chi connectivity index (χ4v) is 1.94. The van der Waals surface area contributed by atoms with Crippen molar-refractivity contribution in [3.05, 3.63) is 35.9 Å². The van der Waals surface area contributed by atoms with Crippen molar-refractivity contribution in [1.29, 1.82) is 0 Å². The Hall–Kier alpha value is -1.35. The van der Waals surface area contributed by atoms with Crippen LogP contribution in [0.3, 0.4) is 0 Å². The van der Waals surface area contributed by atoms with E-state index in [1.165, 1.54) is 0 Å². The Labute approximate surface area is 122 Å². The highest BCUT2D eigenvalue weighted by molar-refractivity contribution is 5.75. The van der Waals surface area contributed by atoms with Gasteiger partial charge in [-0.25, -0.2) is 0 Å². The normalized spacial score (nSPS) is 12.7. The van der Waals surface area contributed by atoms with Gasteiger partial charge in [-0.05, 0) is 30.4 Å². The lowest BCUT2D eigenvalue weighted by Crippen LogP contribution is -2.40. The Morgan fingerprint density at radius 2 is 1.75 bits per heavy atom. The van der Waals surface area contributed by atoms with Crippen LogP contribution >= 0.6 is 0 Å². The molecule has 0 aliphatic rings. The minimum Gasteiger partial charge on any atom is -0.460 e. The van der Waals surface area contributed by atoms with Gasteiger partial charge >= 0.3 is 5.97 Å². The number of hydrogen-bond donors (Lipinski definition) is 1. The molecule has 1 aromatic rings. The molecule has 0 aliphatic heterocycles. The number of carbonyl (C=O) groups is 1. The van der Waals surface area contributed by atoms with Crippen LogP contribution in [0.5, 0.6) is 0 Å². The lowest BCUT2D eigenvalue weighted by Gasteiger charge is -2.20. The van der Waals surface area contributed by atoms with Crippen molar-refractivity contribution in [2.45, 2.75) is 46.8 Å². The van der Waals surface area contributed by atoms with Crippen LogP contribution in [-0.4, -0.2) is 18.6 Å². The van der Waals surface area contributed by atoms with Gasteiger partial charge in [0.1, 0.15) is 12.6 Å². The van der Waals surface area contributed by atoms with Crippen molar-refractivity contribution < 1.29 is 9.53 Å². The van der Waals surface area contributed by atoms with Crippen molar-refractivity contribution in [1.82, 2.24) is 5.32 Å². The van der Waals surface area contributed by atoms with Gasteiger partial charge in [-0.3, -0.25) is 4.79 Å². The molecule has 1 N–H and O–H groups in total. The maximum absolute atomic E-state index is 12.2. The van der Waals surface area contributed by atoms with Crippen molar-refractivity contribution in [2.24, 2.45) is 11.8 Å². The van der Waals surface area contributed by atoms with E-state index in [9.17, 15) is 4.79 Å². The maximum Gasteiger partial charge on any atom is 0.323 e. The summed E-state index contributed by atoms with van der Waals surface area (Å²) < 4.78 is 5.42. The average Bonchev–Trinajstić information content (AvgIpc) is 2.41. The van der Waals surface area contributed by atoms with Gasteiger partial charge in [-0.1, -0.05) is 58.0 Å². The second-order valence-electron chi connectivity index (χ2n) is 6.08. The molecule has 0 spiro atoms. The van der Waals surface area contributed by atoms with E-state index in [2.05, 4.69) is 33.0 Å². The first-order chi connectivity index (χ1) is 9.49. The summed E-state index contributed by atoms with van der Waals surface area (Å²) in [5, 5.41) is 3.31. The molecule has 0 unspecified atom stereocenters. The van der Waals surface area contributed by atoms with Crippen LogP contribution in [0, 0.1) is 11.8 Å². The summed E-state index contributed by atoms with van der Waals surface area (Å²) in [6.45, 7) is 9.68. The molecule has 0 saturated heterocycles. The van der Waals surface area contributed by atoms with Gasteiger partial charge in [0.25, 0.3) is 0 Å². The molecule has 0 heterocycles. The molecule has 3 nitrogen and oxygen atoms in total. The number of carbonyl (C=O) groups excluding carboxylic acids is 1. The summed E-state index contributed by atoms with van der Waals surface area (Å²) in [7, 11) is 0. The predicted molar refractivity (Wildman–Crippen MR) is 82.3 cm³/mol. The second-order valence-corrected chi connectivity index (χ2v) is 6.08. The SMILES string of the molecule is CC(C)CN[C@@H](CC(C)C)C(=O)OCc1ccccc1. The van der Waals surface area contributed by atoms with Crippen molar-refractivity contribution >= 4 is 5.97 Å². The zero-order chi connectivity index (χ0) is 15.0. The van der Waals surface area contributed by atoms with Crippen LogP contribution in [0.1, 0.15) is 39.7 Å². The number of nitrogens with one attached hydrogen (secondary N) is 1. The predicted octanol–water partition coefficient (Wildman–Crippen LogP) is 3.39. The molecule has 0 aliphatic carbocycles. The van der Waals surface area contributed by atoms with Crippen molar-refractivity contribution in [2.75, 3.05) is 6.54 Å².